The van der Waals surface area contributed by atoms with Gasteiger partial charge in [0.15, 0.2) is 0 Å². The number of aromatic nitrogens is 1. The van der Waals surface area contributed by atoms with E-state index < -0.39 is 0 Å². The first kappa shape index (κ1) is 17.1. The molecule has 0 spiro atoms. The van der Waals surface area contributed by atoms with Gasteiger partial charge in [-0.25, -0.2) is 4.39 Å². The molecule has 0 unspecified atom stereocenters. The SMILES string of the molecule is CC(C)(C)c1ccc(F)cc1CC(C)(C)c1ccc(C#N)cn1. The highest BCUT2D eigenvalue weighted by Gasteiger charge is 2.27. The largest absolute Gasteiger partial charge is 0.259 e. The van der Waals surface area contributed by atoms with Crippen molar-refractivity contribution >= 4 is 0 Å². The summed E-state index contributed by atoms with van der Waals surface area (Å²) in [6, 6.07) is 10.8. The number of benzene rings is 1. The molecule has 1 aromatic heterocycles. The van der Waals surface area contributed by atoms with Gasteiger partial charge in [0.25, 0.3) is 0 Å². The predicted molar refractivity (Wildman–Crippen MR) is 90.8 cm³/mol. The number of hydrogen-bond acceptors (Lipinski definition) is 2. The van der Waals surface area contributed by atoms with E-state index in [-0.39, 0.29) is 16.6 Å². The van der Waals surface area contributed by atoms with E-state index in [9.17, 15) is 4.39 Å². The van der Waals surface area contributed by atoms with Gasteiger partial charge in [0.2, 0.25) is 0 Å². The number of nitrogens with zero attached hydrogens (tertiary/aromatic N) is 2. The van der Waals surface area contributed by atoms with Crippen LogP contribution in [0.15, 0.2) is 36.5 Å². The van der Waals surface area contributed by atoms with Crippen molar-refractivity contribution in [3.05, 3.63) is 64.7 Å². The number of nitriles is 1. The Hall–Kier alpha value is -2.21. The maximum atomic E-state index is 13.8. The molecule has 1 heterocycles. The Bertz CT molecular complexity index is 732. The number of rotatable bonds is 3. The molecule has 0 aliphatic carbocycles. The summed E-state index contributed by atoms with van der Waals surface area (Å²) in [4.78, 5) is 4.42. The Morgan fingerprint density at radius 2 is 1.78 bits per heavy atom. The van der Waals surface area contributed by atoms with Crippen LogP contribution < -0.4 is 0 Å². The summed E-state index contributed by atoms with van der Waals surface area (Å²) >= 11 is 0. The van der Waals surface area contributed by atoms with E-state index in [1.807, 2.05) is 12.1 Å². The van der Waals surface area contributed by atoms with Crippen LogP contribution in [0.1, 0.15) is 57.0 Å². The highest BCUT2D eigenvalue weighted by atomic mass is 19.1. The van der Waals surface area contributed by atoms with Crippen molar-refractivity contribution in [1.82, 2.24) is 4.98 Å². The zero-order valence-corrected chi connectivity index (χ0v) is 14.4. The van der Waals surface area contributed by atoms with Crippen molar-refractivity contribution in [1.29, 1.82) is 5.26 Å². The number of halogens is 1. The fraction of sp³-hybridized carbons (Fsp3) is 0.400. The topological polar surface area (TPSA) is 36.7 Å². The van der Waals surface area contributed by atoms with Gasteiger partial charge in [-0.3, -0.25) is 4.98 Å². The van der Waals surface area contributed by atoms with Gasteiger partial charge in [0.1, 0.15) is 11.9 Å². The molecule has 0 N–H and O–H groups in total. The molecule has 0 bridgehead atoms. The third-order valence-electron chi connectivity index (χ3n) is 4.09. The second-order valence-electron chi connectivity index (χ2n) is 7.66. The molecule has 3 heteroatoms. The van der Waals surface area contributed by atoms with Gasteiger partial charge in [-0.1, -0.05) is 40.7 Å². The van der Waals surface area contributed by atoms with Crippen LogP contribution in [0.5, 0.6) is 0 Å². The molecule has 0 aliphatic heterocycles. The van der Waals surface area contributed by atoms with E-state index in [0.717, 1.165) is 16.8 Å². The van der Waals surface area contributed by atoms with Gasteiger partial charge in [-0.2, -0.15) is 5.26 Å². The van der Waals surface area contributed by atoms with Crippen LogP contribution >= 0.6 is 0 Å². The molecule has 0 saturated heterocycles. The van der Waals surface area contributed by atoms with Crippen molar-refractivity contribution in [2.75, 3.05) is 0 Å². The molecule has 2 rings (SSSR count). The molecular weight excluding hydrogens is 287 g/mol. The fourth-order valence-electron chi connectivity index (χ4n) is 2.87. The Balaban J connectivity index is 2.40. The minimum Gasteiger partial charge on any atom is -0.259 e. The predicted octanol–water partition coefficient (Wildman–Crippen LogP) is 4.91. The van der Waals surface area contributed by atoms with Gasteiger partial charge in [0.05, 0.1) is 5.56 Å². The van der Waals surface area contributed by atoms with Crippen LogP contribution in [0.2, 0.25) is 0 Å². The van der Waals surface area contributed by atoms with Gasteiger partial charge < -0.3 is 0 Å². The zero-order valence-electron chi connectivity index (χ0n) is 14.4. The molecule has 120 valence electrons. The van der Waals surface area contributed by atoms with Crippen LogP contribution in [-0.2, 0) is 17.3 Å². The monoisotopic (exact) mass is 310 g/mol. The Labute approximate surface area is 138 Å². The molecule has 0 saturated carbocycles. The lowest BCUT2D eigenvalue weighted by Crippen LogP contribution is -2.25. The number of pyridine rings is 1. The summed E-state index contributed by atoms with van der Waals surface area (Å²) in [5.41, 5.74) is 3.32. The molecule has 0 atom stereocenters. The van der Waals surface area contributed by atoms with Crippen molar-refractivity contribution in [3.8, 4) is 6.07 Å². The smallest absolute Gasteiger partial charge is 0.123 e. The first-order chi connectivity index (χ1) is 10.6. The van der Waals surface area contributed by atoms with Crippen LogP contribution in [0.3, 0.4) is 0 Å². The summed E-state index contributed by atoms with van der Waals surface area (Å²) in [6.45, 7) is 10.6. The van der Waals surface area contributed by atoms with E-state index in [0.29, 0.717) is 12.0 Å². The summed E-state index contributed by atoms with van der Waals surface area (Å²) in [7, 11) is 0. The van der Waals surface area contributed by atoms with E-state index in [4.69, 9.17) is 5.26 Å². The minimum absolute atomic E-state index is 0.0444. The minimum atomic E-state index is -0.248. The summed E-state index contributed by atoms with van der Waals surface area (Å²) in [5.74, 6) is -0.211. The summed E-state index contributed by atoms with van der Waals surface area (Å²) < 4.78 is 13.8. The van der Waals surface area contributed by atoms with Crippen molar-refractivity contribution in [3.63, 3.8) is 0 Å². The Morgan fingerprint density at radius 1 is 1.09 bits per heavy atom. The van der Waals surface area contributed by atoms with Crippen molar-refractivity contribution in [2.45, 2.75) is 51.9 Å². The van der Waals surface area contributed by atoms with E-state index in [1.165, 1.54) is 6.07 Å². The first-order valence-electron chi connectivity index (χ1n) is 7.79. The molecule has 0 radical (unpaired) electrons. The fourth-order valence-corrected chi connectivity index (χ4v) is 2.87. The van der Waals surface area contributed by atoms with E-state index >= 15 is 0 Å². The van der Waals surface area contributed by atoms with Gasteiger partial charge in [0, 0.05) is 17.3 Å². The first-order valence-corrected chi connectivity index (χ1v) is 7.79. The standard InChI is InChI=1S/C20H23FN2/c1-19(2,3)17-8-7-16(21)10-15(17)11-20(4,5)18-9-6-14(12-22)13-23-18/h6-10,13H,11H2,1-5H3. The third kappa shape index (κ3) is 3.96. The van der Waals surface area contributed by atoms with Crippen LogP contribution in [-0.4, -0.2) is 4.98 Å². The lowest BCUT2D eigenvalue weighted by Gasteiger charge is -2.29. The molecule has 1 aromatic carbocycles. The normalized spacial score (nSPS) is 12.0. The van der Waals surface area contributed by atoms with Gasteiger partial charge >= 0.3 is 0 Å². The lowest BCUT2D eigenvalue weighted by molar-refractivity contribution is 0.490. The zero-order chi connectivity index (χ0) is 17.3. The van der Waals surface area contributed by atoms with Crippen LogP contribution in [0.4, 0.5) is 4.39 Å². The number of hydrogen-bond donors (Lipinski definition) is 0. The molecule has 0 fully saturated rings. The highest BCUT2D eigenvalue weighted by molar-refractivity contribution is 5.36. The molecule has 0 amide bonds. The maximum Gasteiger partial charge on any atom is 0.123 e. The average Bonchev–Trinajstić information content (AvgIpc) is 2.45. The molecule has 2 nitrogen and oxygen atoms in total. The quantitative estimate of drug-likeness (QED) is 0.807. The van der Waals surface area contributed by atoms with E-state index in [1.54, 1.807) is 18.3 Å². The van der Waals surface area contributed by atoms with Crippen molar-refractivity contribution < 1.29 is 4.39 Å². The summed E-state index contributed by atoms with van der Waals surface area (Å²) in [5, 5.41) is 8.89. The third-order valence-corrected chi connectivity index (χ3v) is 4.09. The molecule has 2 aromatic rings. The maximum absolute atomic E-state index is 13.8. The van der Waals surface area contributed by atoms with Gasteiger partial charge in [-0.15, -0.1) is 0 Å². The van der Waals surface area contributed by atoms with Crippen LogP contribution in [0.25, 0.3) is 0 Å². The molecular formula is C20H23FN2. The molecule has 23 heavy (non-hydrogen) atoms. The molecule has 0 aliphatic rings. The van der Waals surface area contributed by atoms with E-state index in [2.05, 4.69) is 45.7 Å². The second-order valence-corrected chi connectivity index (χ2v) is 7.66. The highest BCUT2D eigenvalue weighted by Crippen LogP contribution is 2.33. The Morgan fingerprint density at radius 3 is 2.30 bits per heavy atom. The summed E-state index contributed by atoms with van der Waals surface area (Å²) in [6.07, 6.45) is 2.28. The van der Waals surface area contributed by atoms with Crippen LogP contribution in [0, 0.1) is 17.1 Å². The second kappa shape index (κ2) is 6.12. The van der Waals surface area contributed by atoms with Crippen molar-refractivity contribution in [2.24, 2.45) is 0 Å². The lowest BCUT2D eigenvalue weighted by atomic mass is 9.76. The Kier molecular flexibility index (Phi) is 4.56. The van der Waals surface area contributed by atoms with Gasteiger partial charge in [-0.05, 0) is 47.2 Å². The average molecular weight is 310 g/mol.